The topological polar surface area (TPSA) is 49.7 Å². The molecule has 0 bridgehead atoms. The van der Waals surface area contributed by atoms with Crippen molar-refractivity contribution >= 4 is 0 Å². The summed E-state index contributed by atoms with van der Waals surface area (Å²) in [5.74, 6) is 0. The summed E-state index contributed by atoms with van der Waals surface area (Å²) in [7, 11) is 0. The van der Waals surface area contributed by atoms with E-state index in [4.69, 9.17) is 0 Å². The molecule has 0 amide bonds. The maximum absolute atomic E-state index is 4.58. The SMILES string of the molecule is CCN(Cc1cnc[nH]1)Cc1c(C)nn(CC)c1C. The molecule has 1 N–H and O–H groups in total. The summed E-state index contributed by atoms with van der Waals surface area (Å²) in [4.78, 5) is 9.62. The largest absolute Gasteiger partial charge is 0.347 e. The lowest BCUT2D eigenvalue weighted by Crippen LogP contribution is -2.23. The van der Waals surface area contributed by atoms with E-state index in [1.165, 1.54) is 11.3 Å². The molecular formula is C14H23N5. The molecule has 2 aromatic heterocycles. The number of nitrogens with one attached hydrogen (secondary N) is 1. The van der Waals surface area contributed by atoms with Gasteiger partial charge in [-0.2, -0.15) is 5.10 Å². The summed E-state index contributed by atoms with van der Waals surface area (Å²) in [5, 5.41) is 4.58. The number of hydrogen-bond acceptors (Lipinski definition) is 3. The second-order valence-corrected chi connectivity index (χ2v) is 4.85. The molecular weight excluding hydrogens is 238 g/mol. The fourth-order valence-electron chi connectivity index (χ4n) is 2.39. The van der Waals surface area contributed by atoms with Crippen LogP contribution in [-0.4, -0.2) is 31.2 Å². The van der Waals surface area contributed by atoms with Gasteiger partial charge in [-0.1, -0.05) is 6.92 Å². The molecule has 0 aliphatic heterocycles. The maximum Gasteiger partial charge on any atom is 0.0922 e. The van der Waals surface area contributed by atoms with Gasteiger partial charge in [0.25, 0.3) is 0 Å². The minimum absolute atomic E-state index is 0.896. The van der Waals surface area contributed by atoms with Crippen LogP contribution >= 0.6 is 0 Å². The van der Waals surface area contributed by atoms with Gasteiger partial charge in [-0.05, 0) is 27.3 Å². The van der Waals surface area contributed by atoms with Crippen molar-refractivity contribution in [2.45, 2.75) is 47.3 Å². The molecule has 5 heteroatoms. The number of hydrogen-bond donors (Lipinski definition) is 1. The van der Waals surface area contributed by atoms with E-state index < -0.39 is 0 Å². The van der Waals surface area contributed by atoms with Gasteiger partial charge in [-0.3, -0.25) is 9.58 Å². The van der Waals surface area contributed by atoms with Gasteiger partial charge in [0, 0.05) is 42.8 Å². The first-order valence-electron chi connectivity index (χ1n) is 6.88. The van der Waals surface area contributed by atoms with Crippen LogP contribution in [0.15, 0.2) is 12.5 Å². The predicted octanol–water partition coefficient (Wildman–Crippen LogP) is 2.27. The van der Waals surface area contributed by atoms with Crippen molar-refractivity contribution in [2.75, 3.05) is 6.54 Å². The van der Waals surface area contributed by atoms with Gasteiger partial charge in [0.05, 0.1) is 12.0 Å². The lowest BCUT2D eigenvalue weighted by atomic mass is 10.2. The van der Waals surface area contributed by atoms with Gasteiger partial charge >= 0.3 is 0 Å². The summed E-state index contributed by atoms with van der Waals surface area (Å²) in [6, 6.07) is 0. The smallest absolute Gasteiger partial charge is 0.0922 e. The molecule has 0 radical (unpaired) electrons. The molecule has 104 valence electrons. The first-order valence-corrected chi connectivity index (χ1v) is 6.88. The van der Waals surface area contributed by atoms with Crippen molar-refractivity contribution in [2.24, 2.45) is 0 Å². The van der Waals surface area contributed by atoms with Crippen LogP contribution < -0.4 is 0 Å². The van der Waals surface area contributed by atoms with E-state index in [9.17, 15) is 0 Å². The van der Waals surface area contributed by atoms with E-state index in [1.807, 2.05) is 6.20 Å². The van der Waals surface area contributed by atoms with E-state index in [2.05, 4.69) is 52.3 Å². The lowest BCUT2D eigenvalue weighted by Gasteiger charge is -2.19. The first kappa shape index (κ1) is 13.8. The summed E-state index contributed by atoms with van der Waals surface area (Å²) < 4.78 is 2.08. The zero-order valence-electron chi connectivity index (χ0n) is 12.3. The molecule has 2 aromatic rings. The monoisotopic (exact) mass is 261 g/mol. The quantitative estimate of drug-likeness (QED) is 0.867. The molecule has 0 unspecified atom stereocenters. The molecule has 0 atom stereocenters. The highest BCUT2D eigenvalue weighted by molar-refractivity contribution is 5.24. The predicted molar refractivity (Wildman–Crippen MR) is 75.8 cm³/mol. The van der Waals surface area contributed by atoms with E-state index in [0.717, 1.165) is 37.6 Å². The highest BCUT2D eigenvalue weighted by Gasteiger charge is 2.14. The summed E-state index contributed by atoms with van der Waals surface area (Å²) in [6.45, 7) is 12.3. The molecule has 5 nitrogen and oxygen atoms in total. The van der Waals surface area contributed by atoms with Gasteiger partial charge in [0.1, 0.15) is 0 Å². The second kappa shape index (κ2) is 6.02. The van der Waals surface area contributed by atoms with Gasteiger partial charge in [0.2, 0.25) is 0 Å². The Morgan fingerprint density at radius 1 is 1.26 bits per heavy atom. The standard InChI is InChI=1S/C14H23N5/c1-5-18(8-13-7-15-10-16-13)9-14-11(3)17-19(6-2)12(14)4/h7,10H,5-6,8-9H2,1-4H3,(H,15,16). The Morgan fingerprint density at radius 3 is 2.58 bits per heavy atom. The molecule has 0 spiro atoms. The average Bonchev–Trinajstić information content (AvgIpc) is 3.00. The number of imidazole rings is 1. The van der Waals surface area contributed by atoms with Gasteiger partial charge in [-0.25, -0.2) is 4.98 Å². The van der Waals surface area contributed by atoms with Gasteiger partial charge in [0.15, 0.2) is 0 Å². The second-order valence-electron chi connectivity index (χ2n) is 4.85. The van der Waals surface area contributed by atoms with Crippen LogP contribution in [0.5, 0.6) is 0 Å². The maximum atomic E-state index is 4.58. The van der Waals surface area contributed by atoms with E-state index >= 15 is 0 Å². The Morgan fingerprint density at radius 2 is 2.05 bits per heavy atom. The summed E-state index contributed by atoms with van der Waals surface area (Å²) in [6.07, 6.45) is 3.62. The summed E-state index contributed by atoms with van der Waals surface area (Å²) >= 11 is 0. The van der Waals surface area contributed by atoms with Crippen LogP contribution in [0.4, 0.5) is 0 Å². The normalized spacial score (nSPS) is 11.4. The van der Waals surface area contributed by atoms with Crippen molar-refractivity contribution in [3.8, 4) is 0 Å². The Bertz CT molecular complexity index is 512. The number of nitrogens with zero attached hydrogens (tertiary/aromatic N) is 4. The minimum Gasteiger partial charge on any atom is -0.347 e. The van der Waals surface area contributed by atoms with Gasteiger partial charge < -0.3 is 4.98 Å². The Kier molecular flexibility index (Phi) is 4.37. The Hall–Kier alpha value is -1.62. The minimum atomic E-state index is 0.896. The zero-order chi connectivity index (χ0) is 13.8. The van der Waals surface area contributed by atoms with Crippen molar-refractivity contribution in [3.63, 3.8) is 0 Å². The number of aromatic amines is 1. The third kappa shape index (κ3) is 3.04. The van der Waals surface area contributed by atoms with Crippen molar-refractivity contribution < 1.29 is 0 Å². The Labute approximate surface area is 114 Å². The van der Waals surface area contributed by atoms with Crippen LogP contribution in [0, 0.1) is 13.8 Å². The molecule has 19 heavy (non-hydrogen) atoms. The van der Waals surface area contributed by atoms with Crippen molar-refractivity contribution in [1.29, 1.82) is 0 Å². The number of rotatable bonds is 6. The molecule has 0 aliphatic carbocycles. The molecule has 0 fully saturated rings. The fourth-order valence-corrected chi connectivity index (χ4v) is 2.39. The third-order valence-corrected chi connectivity index (χ3v) is 3.61. The van der Waals surface area contributed by atoms with Crippen LogP contribution in [0.25, 0.3) is 0 Å². The van der Waals surface area contributed by atoms with Crippen LogP contribution in [0.1, 0.15) is 36.5 Å². The van der Waals surface area contributed by atoms with E-state index in [1.54, 1.807) is 6.33 Å². The van der Waals surface area contributed by atoms with Crippen LogP contribution in [-0.2, 0) is 19.6 Å². The van der Waals surface area contributed by atoms with E-state index in [-0.39, 0.29) is 0 Å². The molecule has 0 saturated heterocycles. The Balaban J connectivity index is 2.12. The highest BCUT2D eigenvalue weighted by atomic mass is 15.3. The fraction of sp³-hybridized carbons (Fsp3) is 0.571. The highest BCUT2D eigenvalue weighted by Crippen LogP contribution is 2.16. The number of aryl methyl sites for hydroxylation is 2. The zero-order valence-corrected chi connectivity index (χ0v) is 12.3. The molecule has 2 heterocycles. The number of aromatic nitrogens is 4. The summed E-state index contributed by atoms with van der Waals surface area (Å²) in [5.41, 5.74) is 4.92. The molecule has 2 rings (SSSR count). The lowest BCUT2D eigenvalue weighted by molar-refractivity contribution is 0.267. The van der Waals surface area contributed by atoms with E-state index in [0.29, 0.717) is 0 Å². The average molecular weight is 261 g/mol. The van der Waals surface area contributed by atoms with Crippen molar-refractivity contribution in [3.05, 3.63) is 35.2 Å². The molecule has 0 aliphatic rings. The third-order valence-electron chi connectivity index (χ3n) is 3.61. The molecule has 0 saturated carbocycles. The molecule has 0 aromatic carbocycles. The number of H-pyrrole nitrogens is 1. The van der Waals surface area contributed by atoms with Crippen molar-refractivity contribution in [1.82, 2.24) is 24.6 Å². The van der Waals surface area contributed by atoms with Crippen LogP contribution in [0.3, 0.4) is 0 Å². The van der Waals surface area contributed by atoms with Gasteiger partial charge in [-0.15, -0.1) is 0 Å². The first-order chi connectivity index (χ1) is 9.15. The van der Waals surface area contributed by atoms with Crippen LogP contribution in [0.2, 0.25) is 0 Å².